The monoisotopic (exact) mass is 459 g/mol. The Morgan fingerprint density at radius 2 is 1.72 bits per heavy atom. The van der Waals surface area contributed by atoms with Gasteiger partial charge in [0.1, 0.15) is 6.04 Å². The van der Waals surface area contributed by atoms with Crippen LogP contribution in [0.1, 0.15) is 35.7 Å². The molecule has 3 N–H and O–H groups in total. The molecule has 9 nitrogen and oxygen atoms in total. The van der Waals surface area contributed by atoms with Crippen LogP contribution in [-0.4, -0.2) is 49.2 Å². The van der Waals surface area contributed by atoms with E-state index in [1.165, 1.54) is 43.3 Å². The molecule has 0 aliphatic carbocycles. The van der Waals surface area contributed by atoms with Crippen molar-refractivity contribution in [1.29, 1.82) is 0 Å². The fourth-order valence-electron chi connectivity index (χ4n) is 3.38. The lowest BCUT2D eigenvalue weighted by Crippen LogP contribution is -2.43. The molecule has 32 heavy (non-hydrogen) atoms. The zero-order chi connectivity index (χ0) is 23.5. The van der Waals surface area contributed by atoms with Gasteiger partial charge in [-0.1, -0.05) is 17.7 Å². The van der Waals surface area contributed by atoms with Crippen molar-refractivity contribution in [3.05, 3.63) is 59.7 Å². The first-order valence-electron chi connectivity index (χ1n) is 10.1. The molecule has 2 aromatic rings. The van der Waals surface area contributed by atoms with Crippen molar-refractivity contribution >= 4 is 33.5 Å². The molecule has 1 aliphatic rings. The van der Waals surface area contributed by atoms with Crippen molar-refractivity contribution in [2.24, 2.45) is 5.73 Å². The lowest BCUT2D eigenvalue weighted by atomic mass is 10.2. The molecule has 3 rings (SSSR count). The normalized spacial score (nSPS) is 17.5. The highest BCUT2D eigenvalue weighted by atomic mass is 32.2. The van der Waals surface area contributed by atoms with E-state index in [0.29, 0.717) is 24.1 Å². The van der Waals surface area contributed by atoms with Crippen LogP contribution in [0.25, 0.3) is 0 Å². The first kappa shape index (κ1) is 23.4. The third-order valence-corrected chi connectivity index (χ3v) is 7.12. The van der Waals surface area contributed by atoms with Crippen LogP contribution in [0.5, 0.6) is 0 Å². The van der Waals surface area contributed by atoms with E-state index >= 15 is 0 Å². The van der Waals surface area contributed by atoms with Gasteiger partial charge < -0.3 is 15.8 Å². The minimum atomic E-state index is -3.87. The van der Waals surface area contributed by atoms with Crippen molar-refractivity contribution in [3.8, 4) is 0 Å². The van der Waals surface area contributed by atoms with E-state index in [1.54, 1.807) is 12.1 Å². The Bertz CT molecular complexity index is 1110. The van der Waals surface area contributed by atoms with Gasteiger partial charge in [-0.15, -0.1) is 0 Å². The molecule has 0 aromatic heterocycles. The molecule has 0 spiro atoms. The van der Waals surface area contributed by atoms with E-state index in [1.807, 2.05) is 6.92 Å². The number of nitrogens with two attached hydrogens (primary N) is 1. The van der Waals surface area contributed by atoms with Gasteiger partial charge in [-0.3, -0.25) is 14.4 Å². The SMILES string of the molecule is Cc1ccc(S(=O)(=O)N2CCCC2C(=O)OC(C)C(=O)Nc2ccc(C(N)=O)cc2)cc1. The summed E-state index contributed by atoms with van der Waals surface area (Å²) in [5, 5.41) is 2.58. The van der Waals surface area contributed by atoms with E-state index < -0.39 is 40.0 Å². The molecule has 1 fully saturated rings. The quantitative estimate of drug-likeness (QED) is 0.606. The van der Waals surface area contributed by atoms with Gasteiger partial charge >= 0.3 is 5.97 Å². The molecule has 2 aromatic carbocycles. The summed E-state index contributed by atoms with van der Waals surface area (Å²) in [6, 6.07) is 11.3. The summed E-state index contributed by atoms with van der Waals surface area (Å²) in [6.07, 6.45) is -0.326. The van der Waals surface area contributed by atoms with Crippen LogP contribution in [-0.2, 0) is 24.3 Å². The second-order valence-corrected chi connectivity index (χ2v) is 9.49. The Balaban J connectivity index is 1.65. The largest absolute Gasteiger partial charge is 0.451 e. The van der Waals surface area contributed by atoms with Gasteiger partial charge in [0.05, 0.1) is 4.90 Å². The molecule has 1 heterocycles. The van der Waals surface area contributed by atoms with Crippen molar-refractivity contribution in [1.82, 2.24) is 4.31 Å². The maximum atomic E-state index is 13.0. The fourth-order valence-corrected chi connectivity index (χ4v) is 5.02. The second kappa shape index (κ2) is 9.49. The standard InChI is InChI=1S/C22H25N3O6S/c1-14-5-11-18(12-6-14)32(29,30)25-13-3-4-19(25)22(28)31-15(2)21(27)24-17-9-7-16(8-10-17)20(23)26/h5-12,15,19H,3-4,13H2,1-2H3,(H2,23,26)(H,24,27). The average molecular weight is 460 g/mol. The zero-order valence-electron chi connectivity index (χ0n) is 17.8. The van der Waals surface area contributed by atoms with Crippen LogP contribution in [0.15, 0.2) is 53.4 Å². The number of carbonyl (C=O) groups is 3. The second-order valence-electron chi connectivity index (χ2n) is 7.60. The van der Waals surface area contributed by atoms with Crippen LogP contribution in [0.3, 0.4) is 0 Å². The topological polar surface area (TPSA) is 136 Å². The molecule has 2 unspecified atom stereocenters. The molecule has 0 bridgehead atoms. The van der Waals surface area contributed by atoms with E-state index in [4.69, 9.17) is 10.5 Å². The maximum Gasteiger partial charge on any atom is 0.325 e. The highest BCUT2D eigenvalue weighted by molar-refractivity contribution is 7.89. The number of ether oxygens (including phenoxy) is 1. The predicted octanol–water partition coefficient (Wildman–Crippen LogP) is 1.82. The van der Waals surface area contributed by atoms with Crippen LogP contribution in [0.4, 0.5) is 5.69 Å². The molecule has 170 valence electrons. The molecule has 1 saturated heterocycles. The molecule has 2 amide bonds. The summed E-state index contributed by atoms with van der Waals surface area (Å²) in [7, 11) is -3.87. The summed E-state index contributed by atoms with van der Waals surface area (Å²) in [5.41, 5.74) is 6.79. The lowest BCUT2D eigenvalue weighted by molar-refractivity contribution is -0.156. The molecule has 0 saturated carbocycles. The Labute approximate surface area is 186 Å². The van der Waals surface area contributed by atoms with Crippen LogP contribution in [0.2, 0.25) is 0 Å². The van der Waals surface area contributed by atoms with Crippen molar-refractivity contribution in [3.63, 3.8) is 0 Å². The zero-order valence-corrected chi connectivity index (χ0v) is 18.6. The Morgan fingerprint density at radius 3 is 2.31 bits per heavy atom. The van der Waals surface area contributed by atoms with Gasteiger partial charge in [0.15, 0.2) is 6.10 Å². The third kappa shape index (κ3) is 5.14. The number of esters is 1. The van der Waals surface area contributed by atoms with Crippen molar-refractivity contribution in [2.75, 3.05) is 11.9 Å². The Kier molecular flexibility index (Phi) is 6.95. The minimum absolute atomic E-state index is 0.105. The van der Waals surface area contributed by atoms with E-state index in [9.17, 15) is 22.8 Å². The summed E-state index contributed by atoms with van der Waals surface area (Å²) in [6.45, 7) is 3.45. The van der Waals surface area contributed by atoms with Gasteiger partial charge in [0, 0.05) is 17.8 Å². The number of hydrogen-bond acceptors (Lipinski definition) is 6. The van der Waals surface area contributed by atoms with Crippen LogP contribution >= 0.6 is 0 Å². The molecule has 10 heteroatoms. The number of hydrogen-bond donors (Lipinski definition) is 2. The smallest absolute Gasteiger partial charge is 0.325 e. The Hall–Kier alpha value is -3.24. The van der Waals surface area contributed by atoms with Gasteiger partial charge in [-0.25, -0.2) is 8.42 Å². The average Bonchev–Trinajstić information content (AvgIpc) is 3.25. The number of amides is 2. The van der Waals surface area contributed by atoms with E-state index in [-0.39, 0.29) is 11.4 Å². The number of nitrogens with one attached hydrogen (secondary N) is 1. The number of carbonyl (C=O) groups excluding carboxylic acids is 3. The summed E-state index contributed by atoms with van der Waals surface area (Å²) in [4.78, 5) is 36.3. The number of sulfonamides is 1. The number of nitrogens with zero attached hydrogens (tertiary/aromatic N) is 1. The minimum Gasteiger partial charge on any atom is -0.451 e. The lowest BCUT2D eigenvalue weighted by Gasteiger charge is -2.24. The molecule has 0 radical (unpaired) electrons. The molecule has 2 atom stereocenters. The summed E-state index contributed by atoms with van der Waals surface area (Å²) < 4.78 is 32.4. The van der Waals surface area contributed by atoms with Crippen molar-refractivity contribution < 1.29 is 27.5 Å². The Morgan fingerprint density at radius 1 is 1.09 bits per heavy atom. The first-order chi connectivity index (χ1) is 15.1. The molecular formula is C22H25N3O6S. The van der Waals surface area contributed by atoms with Gasteiger partial charge in [0.2, 0.25) is 15.9 Å². The summed E-state index contributed by atoms with van der Waals surface area (Å²) >= 11 is 0. The third-order valence-electron chi connectivity index (χ3n) is 5.20. The van der Waals surface area contributed by atoms with E-state index in [2.05, 4.69) is 5.32 Å². The maximum absolute atomic E-state index is 13.0. The summed E-state index contributed by atoms with van der Waals surface area (Å²) in [5.74, 6) is -1.95. The highest BCUT2D eigenvalue weighted by Gasteiger charge is 2.41. The number of rotatable bonds is 7. The van der Waals surface area contributed by atoms with Gasteiger partial charge in [-0.2, -0.15) is 4.31 Å². The van der Waals surface area contributed by atoms with Crippen LogP contribution < -0.4 is 11.1 Å². The highest BCUT2D eigenvalue weighted by Crippen LogP contribution is 2.27. The first-order valence-corrected chi connectivity index (χ1v) is 11.5. The number of benzene rings is 2. The number of primary amides is 1. The van der Waals surface area contributed by atoms with Crippen molar-refractivity contribution in [2.45, 2.75) is 43.7 Å². The van der Waals surface area contributed by atoms with Crippen LogP contribution in [0, 0.1) is 6.92 Å². The number of aryl methyl sites for hydroxylation is 1. The van der Waals surface area contributed by atoms with Gasteiger partial charge in [-0.05, 0) is 63.1 Å². The fraction of sp³-hybridized carbons (Fsp3) is 0.318. The number of anilines is 1. The molecule has 1 aliphatic heterocycles. The van der Waals surface area contributed by atoms with Gasteiger partial charge in [0.25, 0.3) is 5.91 Å². The molecular weight excluding hydrogens is 434 g/mol. The van der Waals surface area contributed by atoms with E-state index in [0.717, 1.165) is 9.87 Å². The predicted molar refractivity (Wildman–Crippen MR) is 117 cm³/mol.